The van der Waals surface area contributed by atoms with Gasteiger partial charge in [0.25, 0.3) is 0 Å². The number of hydrogen-bond acceptors (Lipinski definition) is 5. The van der Waals surface area contributed by atoms with Gasteiger partial charge >= 0.3 is 5.97 Å². The second kappa shape index (κ2) is 8.50. The van der Waals surface area contributed by atoms with Gasteiger partial charge in [0.1, 0.15) is 12.7 Å². The highest BCUT2D eigenvalue weighted by Gasteiger charge is 2.26. The fourth-order valence-corrected chi connectivity index (χ4v) is 1.43. The molecule has 0 aromatic rings. The zero-order valence-corrected chi connectivity index (χ0v) is 9.93. The number of ether oxygens (including phenoxy) is 1. The minimum atomic E-state index is -1.05. The second-order valence-corrected chi connectivity index (χ2v) is 3.84. The first-order valence-corrected chi connectivity index (χ1v) is 5.70. The van der Waals surface area contributed by atoms with E-state index >= 15 is 0 Å². The van der Waals surface area contributed by atoms with Crippen molar-refractivity contribution in [3.05, 3.63) is 0 Å². The Kier molecular flexibility index (Phi) is 8.15. The summed E-state index contributed by atoms with van der Waals surface area (Å²) in [5.74, 6) is -1.07. The van der Waals surface area contributed by atoms with Gasteiger partial charge in [0.15, 0.2) is 0 Å². The van der Waals surface area contributed by atoms with Gasteiger partial charge in [0.05, 0.1) is 18.6 Å². The molecule has 5 heteroatoms. The van der Waals surface area contributed by atoms with Crippen LogP contribution in [0.25, 0.3) is 0 Å². The molecule has 0 rings (SSSR count). The molecule has 16 heavy (non-hydrogen) atoms. The zero-order valence-electron chi connectivity index (χ0n) is 9.93. The third-order valence-electron chi connectivity index (χ3n) is 2.42. The largest absolute Gasteiger partial charge is 0.463 e. The smallest absolute Gasteiger partial charge is 0.311 e. The van der Waals surface area contributed by atoms with Crippen molar-refractivity contribution in [2.45, 2.75) is 45.3 Å². The van der Waals surface area contributed by atoms with E-state index in [0.717, 1.165) is 6.42 Å². The number of rotatable bonds is 8. The topological polar surface area (TPSA) is 87.0 Å². The summed E-state index contributed by atoms with van der Waals surface area (Å²) in [7, 11) is 0. The standard InChI is InChI=1S/C11H22O5/c1-3-5-10(14)9(4-2)11(15)16-7-8(13)6-12/h8-10,12-14H,3-7H2,1-2H3. The predicted octanol–water partition coefficient (Wildman–Crippen LogP) is 0.0700. The van der Waals surface area contributed by atoms with Crippen molar-refractivity contribution in [3.63, 3.8) is 0 Å². The first-order valence-electron chi connectivity index (χ1n) is 5.70. The van der Waals surface area contributed by atoms with E-state index < -0.39 is 30.7 Å². The Morgan fingerprint density at radius 2 is 1.94 bits per heavy atom. The SMILES string of the molecule is CCCC(O)C(CC)C(=O)OCC(O)CO. The van der Waals surface area contributed by atoms with Crippen LogP contribution < -0.4 is 0 Å². The van der Waals surface area contributed by atoms with E-state index in [1.54, 1.807) is 6.92 Å². The molecule has 3 N–H and O–H groups in total. The maximum Gasteiger partial charge on any atom is 0.311 e. The van der Waals surface area contributed by atoms with E-state index in [2.05, 4.69) is 0 Å². The van der Waals surface area contributed by atoms with E-state index in [9.17, 15) is 9.90 Å². The summed E-state index contributed by atoms with van der Waals surface area (Å²) in [5.41, 5.74) is 0. The molecule has 0 aromatic carbocycles. The fraction of sp³-hybridized carbons (Fsp3) is 0.909. The van der Waals surface area contributed by atoms with Crippen LogP contribution in [0.4, 0.5) is 0 Å². The van der Waals surface area contributed by atoms with E-state index in [1.165, 1.54) is 0 Å². The van der Waals surface area contributed by atoms with Crippen LogP contribution in [0.2, 0.25) is 0 Å². The lowest BCUT2D eigenvalue weighted by atomic mass is 9.96. The molecule has 5 nitrogen and oxygen atoms in total. The predicted molar refractivity (Wildman–Crippen MR) is 58.7 cm³/mol. The molecule has 0 aromatic heterocycles. The Balaban J connectivity index is 4.10. The Morgan fingerprint density at radius 1 is 1.31 bits per heavy atom. The highest BCUT2D eigenvalue weighted by atomic mass is 16.5. The molecular weight excluding hydrogens is 212 g/mol. The Bertz CT molecular complexity index is 195. The lowest BCUT2D eigenvalue weighted by molar-refractivity contribution is -0.156. The highest BCUT2D eigenvalue weighted by molar-refractivity contribution is 5.73. The van der Waals surface area contributed by atoms with Crippen molar-refractivity contribution in [3.8, 4) is 0 Å². The molecule has 0 heterocycles. The van der Waals surface area contributed by atoms with Gasteiger partial charge in [-0.3, -0.25) is 4.79 Å². The van der Waals surface area contributed by atoms with Crippen LogP contribution in [0.15, 0.2) is 0 Å². The van der Waals surface area contributed by atoms with Crippen LogP contribution in [0.1, 0.15) is 33.1 Å². The number of esters is 1. The van der Waals surface area contributed by atoms with E-state index in [0.29, 0.717) is 12.8 Å². The van der Waals surface area contributed by atoms with Gasteiger partial charge in [-0.2, -0.15) is 0 Å². The van der Waals surface area contributed by atoms with Gasteiger partial charge in [-0.25, -0.2) is 0 Å². The van der Waals surface area contributed by atoms with Gasteiger partial charge in [-0.05, 0) is 12.8 Å². The van der Waals surface area contributed by atoms with Gasteiger partial charge in [-0.15, -0.1) is 0 Å². The Morgan fingerprint density at radius 3 is 2.38 bits per heavy atom. The molecule has 0 amide bonds. The molecule has 0 aliphatic carbocycles. The van der Waals surface area contributed by atoms with Crippen molar-refractivity contribution in [2.75, 3.05) is 13.2 Å². The summed E-state index contributed by atoms with van der Waals surface area (Å²) < 4.78 is 4.81. The first kappa shape index (κ1) is 15.3. The molecule has 0 aliphatic rings. The zero-order chi connectivity index (χ0) is 12.6. The van der Waals surface area contributed by atoms with Crippen LogP contribution in [-0.4, -0.2) is 46.7 Å². The number of aliphatic hydroxyl groups excluding tert-OH is 3. The van der Waals surface area contributed by atoms with Crippen molar-refractivity contribution < 1.29 is 24.9 Å². The van der Waals surface area contributed by atoms with Gasteiger partial charge in [-0.1, -0.05) is 20.3 Å². The molecular formula is C11H22O5. The van der Waals surface area contributed by atoms with E-state index in [1.807, 2.05) is 6.92 Å². The Hall–Kier alpha value is -0.650. The maximum atomic E-state index is 11.5. The third-order valence-corrected chi connectivity index (χ3v) is 2.42. The molecule has 0 saturated heterocycles. The molecule has 0 fully saturated rings. The highest BCUT2D eigenvalue weighted by Crippen LogP contribution is 2.15. The number of carbonyl (C=O) groups excluding carboxylic acids is 1. The van der Waals surface area contributed by atoms with Gasteiger partial charge in [0.2, 0.25) is 0 Å². The molecule has 0 saturated carbocycles. The lowest BCUT2D eigenvalue weighted by Crippen LogP contribution is -2.32. The fourth-order valence-electron chi connectivity index (χ4n) is 1.43. The molecule has 0 radical (unpaired) electrons. The average molecular weight is 234 g/mol. The second-order valence-electron chi connectivity index (χ2n) is 3.84. The normalized spacial score (nSPS) is 16.6. The summed E-state index contributed by atoms with van der Waals surface area (Å²) in [4.78, 5) is 11.5. The maximum absolute atomic E-state index is 11.5. The minimum absolute atomic E-state index is 0.231. The molecule has 96 valence electrons. The summed E-state index contributed by atoms with van der Waals surface area (Å²) >= 11 is 0. The van der Waals surface area contributed by atoms with E-state index in [-0.39, 0.29) is 6.61 Å². The minimum Gasteiger partial charge on any atom is -0.463 e. The molecule has 0 bridgehead atoms. The molecule has 3 unspecified atom stereocenters. The molecule has 0 aliphatic heterocycles. The lowest BCUT2D eigenvalue weighted by Gasteiger charge is -2.20. The average Bonchev–Trinajstić information content (AvgIpc) is 2.27. The Labute approximate surface area is 96.0 Å². The number of aliphatic hydroxyl groups is 3. The third kappa shape index (κ3) is 5.44. The van der Waals surface area contributed by atoms with Crippen LogP contribution in [-0.2, 0) is 9.53 Å². The van der Waals surface area contributed by atoms with E-state index in [4.69, 9.17) is 14.9 Å². The molecule has 0 spiro atoms. The summed E-state index contributed by atoms with van der Waals surface area (Å²) in [6, 6.07) is 0. The van der Waals surface area contributed by atoms with Gasteiger partial charge in [0, 0.05) is 0 Å². The monoisotopic (exact) mass is 234 g/mol. The van der Waals surface area contributed by atoms with Crippen molar-refractivity contribution in [2.24, 2.45) is 5.92 Å². The first-order chi connectivity index (χ1) is 7.56. The summed E-state index contributed by atoms with van der Waals surface area (Å²) in [6.07, 6.45) is 0.0915. The van der Waals surface area contributed by atoms with Crippen molar-refractivity contribution in [1.82, 2.24) is 0 Å². The number of hydrogen-bond donors (Lipinski definition) is 3. The van der Waals surface area contributed by atoms with Crippen molar-refractivity contribution >= 4 is 5.97 Å². The van der Waals surface area contributed by atoms with Crippen LogP contribution in [0.5, 0.6) is 0 Å². The summed E-state index contributed by atoms with van der Waals surface area (Å²) in [6.45, 7) is 3.05. The van der Waals surface area contributed by atoms with Crippen molar-refractivity contribution in [1.29, 1.82) is 0 Å². The van der Waals surface area contributed by atoms with Crippen LogP contribution in [0.3, 0.4) is 0 Å². The summed E-state index contributed by atoms with van der Waals surface area (Å²) in [5, 5.41) is 27.2. The van der Waals surface area contributed by atoms with Gasteiger partial charge < -0.3 is 20.1 Å². The molecule has 3 atom stereocenters. The van der Waals surface area contributed by atoms with Crippen LogP contribution in [0, 0.1) is 5.92 Å². The quantitative estimate of drug-likeness (QED) is 0.517. The number of carbonyl (C=O) groups is 1. The van der Waals surface area contributed by atoms with Crippen LogP contribution >= 0.6 is 0 Å².